The molecular weight excluding hydrogens is 190 g/mol. The van der Waals surface area contributed by atoms with Gasteiger partial charge in [0.05, 0.1) is 11.3 Å². The van der Waals surface area contributed by atoms with Crippen LogP contribution < -0.4 is 0 Å². The van der Waals surface area contributed by atoms with Crippen LogP contribution in [0.3, 0.4) is 0 Å². The summed E-state index contributed by atoms with van der Waals surface area (Å²) in [6.45, 7) is 1.52. The van der Waals surface area contributed by atoms with Crippen molar-refractivity contribution >= 4 is 11.7 Å². The maximum atomic E-state index is 10.6. The first-order valence-corrected chi connectivity index (χ1v) is 3.82. The van der Waals surface area contributed by atoms with Crippen LogP contribution in [-0.2, 0) is 18.3 Å². The summed E-state index contributed by atoms with van der Waals surface area (Å²) in [6.07, 6.45) is -0.433. The van der Waals surface area contributed by atoms with Crippen LogP contribution >= 0.6 is 0 Å². The number of carbonyl (C=O) groups is 1. The molecule has 14 heavy (non-hydrogen) atoms. The molecule has 76 valence electrons. The summed E-state index contributed by atoms with van der Waals surface area (Å²) >= 11 is 0. The number of hydrogen-bond acceptors (Lipinski definition) is 4. The zero-order chi connectivity index (χ0) is 10.9. The Kier molecular flexibility index (Phi) is 2.50. The normalized spacial score (nSPS) is 10.1. The molecule has 0 bridgehead atoms. The van der Waals surface area contributed by atoms with Gasteiger partial charge in [0, 0.05) is 7.05 Å². The van der Waals surface area contributed by atoms with Crippen molar-refractivity contribution in [2.24, 2.45) is 7.05 Å². The Morgan fingerprint density at radius 2 is 2.29 bits per heavy atom. The summed E-state index contributed by atoms with van der Waals surface area (Å²) in [5.41, 5.74) is 0.128. The fourth-order valence-corrected chi connectivity index (χ4v) is 1.17. The highest BCUT2D eigenvalue weighted by Crippen LogP contribution is 2.22. The first-order valence-electron chi connectivity index (χ1n) is 3.82. The van der Waals surface area contributed by atoms with Gasteiger partial charge in [0.25, 0.3) is 0 Å². The van der Waals surface area contributed by atoms with Crippen LogP contribution in [0, 0.1) is 17.0 Å². The van der Waals surface area contributed by atoms with Crippen LogP contribution in [0.15, 0.2) is 0 Å². The van der Waals surface area contributed by atoms with Gasteiger partial charge in [-0.05, 0) is 6.92 Å². The predicted octanol–water partition coefficient (Wildman–Crippen LogP) is 0.264. The van der Waals surface area contributed by atoms with E-state index in [9.17, 15) is 14.9 Å². The van der Waals surface area contributed by atoms with E-state index in [4.69, 9.17) is 5.11 Å². The molecule has 0 fully saturated rings. The number of carboxylic acids is 1. The molecule has 0 radical (unpaired) electrons. The molecule has 1 N–H and O–H groups in total. The van der Waals surface area contributed by atoms with Crippen molar-refractivity contribution in [2.45, 2.75) is 13.3 Å². The highest BCUT2D eigenvalue weighted by molar-refractivity contribution is 5.71. The zero-order valence-electron chi connectivity index (χ0n) is 7.72. The van der Waals surface area contributed by atoms with Crippen LogP contribution in [0.5, 0.6) is 0 Å². The summed E-state index contributed by atoms with van der Waals surface area (Å²) in [5, 5.41) is 22.9. The number of hydrogen-bond donors (Lipinski definition) is 1. The first kappa shape index (κ1) is 10.2. The summed E-state index contributed by atoms with van der Waals surface area (Å²) in [4.78, 5) is 20.4. The molecule has 0 aliphatic heterocycles. The Bertz CT molecular complexity index is 396. The van der Waals surface area contributed by atoms with Gasteiger partial charge < -0.3 is 5.11 Å². The van der Waals surface area contributed by atoms with Crippen molar-refractivity contribution in [1.29, 1.82) is 0 Å². The molecule has 7 heteroatoms. The summed E-state index contributed by atoms with van der Waals surface area (Å²) in [6, 6.07) is 0. The molecule has 0 aromatic carbocycles. The van der Waals surface area contributed by atoms with E-state index in [0.29, 0.717) is 5.69 Å². The van der Waals surface area contributed by atoms with Crippen molar-refractivity contribution < 1.29 is 14.8 Å². The number of aliphatic carboxylic acids is 1. The maximum absolute atomic E-state index is 10.6. The van der Waals surface area contributed by atoms with Gasteiger partial charge in [0.2, 0.25) is 0 Å². The van der Waals surface area contributed by atoms with Crippen LogP contribution in [0.4, 0.5) is 5.69 Å². The van der Waals surface area contributed by atoms with Crippen LogP contribution in [0.25, 0.3) is 0 Å². The van der Waals surface area contributed by atoms with Crippen LogP contribution in [-0.4, -0.2) is 25.8 Å². The Morgan fingerprint density at radius 1 is 1.71 bits per heavy atom. The molecule has 0 spiro atoms. The van der Waals surface area contributed by atoms with E-state index in [1.54, 1.807) is 0 Å². The summed E-state index contributed by atoms with van der Waals surface area (Å²) in [5.74, 6) is -1.13. The van der Waals surface area contributed by atoms with E-state index in [1.807, 2.05) is 0 Å². The molecule has 0 saturated heterocycles. The molecule has 0 aliphatic carbocycles. The molecule has 0 atom stereocenters. The summed E-state index contributed by atoms with van der Waals surface area (Å²) in [7, 11) is 1.54. The molecule has 7 nitrogen and oxygen atoms in total. The van der Waals surface area contributed by atoms with Gasteiger partial charge in [-0.1, -0.05) is 0 Å². The highest BCUT2D eigenvalue weighted by atomic mass is 16.6. The minimum Gasteiger partial charge on any atom is -0.481 e. The third-order valence-electron chi connectivity index (χ3n) is 1.87. The zero-order valence-corrected chi connectivity index (χ0v) is 7.72. The lowest BCUT2D eigenvalue weighted by Gasteiger charge is -1.91. The largest absolute Gasteiger partial charge is 0.481 e. The molecular formula is C7H9N3O4. The molecule has 1 rings (SSSR count). The van der Waals surface area contributed by atoms with Gasteiger partial charge in [0.15, 0.2) is 5.69 Å². The molecule has 1 aromatic heterocycles. The number of aromatic nitrogens is 2. The third kappa shape index (κ3) is 1.70. The molecule has 0 saturated carbocycles. The van der Waals surface area contributed by atoms with Crippen molar-refractivity contribution in [3.63, 3.8) is 0 Å². The lowest BCUT2D eigenvalue weighted by molar-refractivity contribution is -0.386. The number of rotatable bonds is 3. The highest BCUT2D eigenvalue weighted by Gasteiger charge is 2.24. The minimum atomic E-state index is -1.13. The quantitative estimate of drug-likeness (QED) is 0.556. The van der Waals surface area contributed by atoms with Gasteiger partial charge in [-0.25, -0.2) is 0 Å². The monoisotopic (exact) mass is 199 g/mol. The molecule has 0 amide bonds. The van der Waals surface area contributed by atoms with E-state index in [1.165, 1.54) is 18.7 Å². The predicted molar refractivity (Wildman–Crippen MR) is 45.9 cm³/mol. The average Bonchev–Trinajstić information content (AvgIpc) is 2.26. The maximum Gasteiger partial charge on any atom is 0.313 e. The first-order chi connectivity index (χ1) is 6.43. The van der Waals surface area contributed by atoms with Crippen molar-refractivity contribution in [2.75, 3.05) is 0 Å². The van der Waals surface area contributed by atoms with Gasteiger partial charge in [-0.15, -0.1) is 0 Å². The minimum absolute atomic E-state index is 0.0116. The number of carboxylic acid groups (broad SMARTS) is 1. The lowest BCUT2D eigenvalue weighted by atomic mass is 10.2. The van der Waals surface area contributed by atoms with E-state index < -0.39 is 17.3 Å². The lowest BCUT2D eigenvalue weighted by Crippen LogP contribution is -2.03. The van der Waals surface area contributed by atoms with Crippen LogP contribution in [0.1, 0.15) is 11.4 Å². The second-order valence-electron chi connectivity index (χ2n) is 2.83. The number of aryl methyl sites for hydroxylation is 1. The average molecular weight is 199 g/mol. The van der Waals surface area contributed by atoms with E-state index in [2.05, 4.69) is 5.10 Å². The smallest absolute Gasteiger partial charge is 0.313 e. The fraction of sp³-hybridized carbons (Fsp3) is 0.429. The molecule has 0 aliphatic rings. The number of nitrogens with zero attached hydrogens (tertiary/aromatic N) is 3. The standard InChI is InChI=1S/C7H9N3O4/c1-4-7(10(13)14)5(3-6(11)12)8-9(4)2/h3H2,1-2H3,(H,11,12). The topological polar surface area (TPSA) is 98.3 Å². The second kappa shape index (κ2) is 3.44. The van der Waals surface area contributed by atoms with Gasteiger partial charge >= 0.3 is 11.7 Å². The van der Waals surface area contributed by atoms with E-state index in [-0.39, 0.29) is 11.4 Å². The van der Waals surface area contributed by atoms with Crippen molar-refractivity contribution in [3.05, 3.63) is 21.5 Å². The Hall–Kier alpha value is -1.92. The van der Waals surface area contributed by atoms with E-state index >= 15 is 0 Å². The molecule has 1 aromatic rings. The SMILES string of the molecule is Cc1c([N+](=O)[O-])c(CC(=O)O)nn1C. The Labute approximate surface area is 79.1 Å². The van der Waals surface area contributed by atoms with E-state index in [0.717, 1.165) is 0 Å². The summed E-state index contributed by atoms with van der Waals surface area (Å²) < 4.78 is 1.30. The Balaban J connectivity index is 3.22. The van der Waals surface area contributed by atoms with Gasteiger partial charge in [-0.2, -0.15) is 5.10 Å². The molecule has 1 heterocycles. The molecule has 0 unspecified atom stereocenters. The number of nitro groups is 1. The van der Waals surface area contributed by atoms with Crippen molar-refractivity contribution in [3.8, 4) is 0 Å². The second-order valence-corrected chi connectivity index (χ2v) is 2.83. The van der Waals surface area contributed by atoms with Crippen LogP contribution in [0.2, 0.25) is 0 Å². The van der Waals surface area contributed by atoms with Gasteiger partial charge in [-0.3, -0.25) is 19.6 Å². The van der Waals surface area contributed by atoms with Crippen molar-refractivity contribution in [1.82, 2.24) is 9.78 Å². The Morgan fingerprint density at radius 3 is 2.71 bits per heavy atom. The fourth-order valence-electron chi connectivity index (χ4n) is 1.17. The third-order valence-corrected chi connectivity index (χ3v) is 1.87. The van der Waals surface area contributed by atoms with Gasteiger partial charge in [0.1, 0.15) is 5.69 Å².